The number of rotatable bonds is 3. The largest absolute Gasteiger partial charge is 0.465 e. The smallest absolute Gasteiger partial charge is 0.306 e. The first kappa shape index (κ1) is 14.5. The average Bonchev–Trinajstić information content (AvgIpc) is 3.22. The van der Waals surface area contributed by atoms with Crippen molar-refractivity contribution >= 4 is 17.6 Å². The molecule has 3 aliphatic rings. The Labute approximate surface area is 136 Å². The van der Waals surface area contributed by atoms with Crippen molar-refractivity contribution in [3.8, 4) is 0 Å². The molecule has 0 aliphatic carbocycles. The van der Waals surface area contributed by atoms with Gasteiger partial charge < -0.3 is 14.5 Å². The molecule has 0 saturated carbocycles. The molecule has 3 saturated heterocycles. The minimum absolute atomic E-state index is 0.0799. The SMILES string of the molecule is O=C1C[C@H](CC(=O)N2C[C@@H]3CN(c4ccccc4)C[C@H]3C2)CO1. The summed E-state index contributed by atoms with van der Waals surface area (Å²) in [6.07, 6.45) is 0.849. The van der Waals surface area contributed by atoms with E-state index in [4.69, 9.17) is 4.74 Å². The number of ether oxygens (including phenoxy) is 1. The van der Waals surface area contributed by atoms with Crippen LogP contribution in [0.5, 0.6) is 0 Å². The predicted octanol–water partition coefficient (Wildman–Crippen LogP) is 1.53. The van der Waals surface area contributed by atoms with E-state index in [-0.39, 0.29) is 17.8 Å². The lowest BCUT2D eigenvalue weighted by molar-refractivity contribution is -0.138. The molecular weight excluding hydrogens is 292 g/mol. The molecule has 0 spiro atoms. The number of amides is 1. The maximum absolute atomic E-state index is 12.4. The monoisotopic (exact) mass is 314 g/mol. The van der Waals surface area contributed by atoms with E-state index < -0.39 is 0 Å². The van der Waals surface area contributed by atoms with Crippen molar-refractivity contribution in [2.75, 3.05) is 37.7 Å². The van der Waals surface area contributed by atoms with Crippen molar-refractivity contribution in [2.24, 2.45) is 17.8 Å². The number of hydrogen-bond acceptors (Lipinski definition) is 4. The molecule has 3 heterocycles. The van der Waals surface area contributed by atoms with E-state index in [1.165, 1.54) is 5.69 Å². The van der Waals surface area contributed by atoms with E-state index in [9.17, 15) is 9.59 Å². The zero-order chi connectivity index (χ0) is 15.8. The number of carbonyl (C=O) groups excluding carboxylic acids is 2. The van der Waals surface area contributed by atoms with Gasteiger partial charge >= 0.3 is 5.97 Å². The Morgan fingerprint density at radius 2 is 1.78 bits per heavy atom. The number of cyclic esters (lactones) is 1. The molecule has 1 aromatic rings. The molecule has 0 unspecified atom stereocenters. The van der Waals surface area contributed by atoms with Crippen LogP contribution < -0.4 is 4.90 Å². The van der Waals surface area contributed by atoms with Gasteiger partial charge in [0.25, 0.3) is 0 Å². The Balaban J connectivity index is 1.31. The lowest BCUT2D eigenvalue weighted by Gasteiger charge is -2.23. The van der Waals surface area contributed by atoms with Crippen LogP contribution >= 0.6 is 0 Å². The van der Waals surface area contributed by atoms with Crippen molar-refractivity contribution in [1.29, 1.82) is 0 Å². The third kappa shape index (κ3) is 2.92. The molecule has 3 fully saturated rings. The summed E-state index contributed by atoms with van der Waals surface area (Å²) in [6, 6.07) is 10.5. The van der Waals surface area contributed by atoms with Gasteiger partial charge in [0.05, 0.1) is 13.0 Å². The van der Waals surface area contributed by atoms with Gasteiger partial charge in [-0.2, -0.15) is 0 Å². The Kier molecular flexibility index (Phi) is 3.71. The topological polar surface area (TPSA) is 49.9 Å². The van der Waals surface area contributed by atoms with Crippen LogP contribution in [-0.2, 0) is 14.3 Å². The summed E-state index contributed by atoms with van der Waals surface area (Å²) in [5.41, 5.74) is 1.28. The van der Waals surface area contributed by atoms with Crippen LogP contribution in [0.15, 0.2) is 30.3 Å². The van der Waals surface area contributed by atoms with Crippen LogP contribution in [-0.4, -0.2) is 49.6 Å². The normalized spacial score (nSPS) is 29.7. The third-order valence-corrected chi connectivity index (χ3v) is 5.36. The molecule has 1 aromatic carbocycles. The average molecular weight is 314 g/mol. The van der Waals surface area contributed by atoms with Crippen molar-refractivity contribution in [3.63, 3.8) is 0 Å². The van der Waals surface area contributed by atoms with Crippen LogP contribution in [0.3, 0.4) is 0 Å². The molecule has 4 rings (SSSR count). The van der Waals surface area contributed by atoms with Crippen LogP contribution in [0.1, 0.15) is 12.8 Å². The van der Waals surface area contributed by atoms with Crippen LogP contribution in [0.4, 0.5) is 5.69 Å². The second-order valence-electron chi connectivity index (χ2n) is 7.02. The first-order chi connectivity index (χ1) is 11.2. The van der Waals surface area contributed by atoms with E-state index in [1.807, 2.05) is 11.0 Å². The number of esters is 1. The van der Waals surface area contributed by atoms with Gasteiger partial charge in [0.15, 0.2) is 0 Å². The quantitative estimate of drug-likeness (QED) is 0.794. The van der Waals surface area contributed by atoms with Crippen molar-refractivity contribution in [3.05, 3.63) is 30.3 Å². The standard InChI is InChI=1S/C18H22N2O3/c21-17(6-13-7-18(22)23-12-13)20-10-14-8-19(9-15(14)11-20)16-4-2-1-3-5-16/h1-5,13-15H,6-12H2/t13-,14-,15-/m0/s1. The minimum atomic E-state index is -0.167. The Hall–Kier alpha value is -2.04. The maximum atomic E-state index is 12.4. The van der Waals surface area contributed by atoms with E-state index in [0.29, 0.717) is 31.3 Å². The van der Waals surface area contributed by atoms with E-state index in [2.05, 4.69) is 29.2 Å². The molecule has 122 valence electrons. The summed E-state index contributed by atoms with van der Waals surface area (Å²) in [7, 11) is 0. The molecular formula is C18H22N2O3. The molecule has 0 aromatic heterocycles. The Morgan fingerprint density at radius 3 is 2.39 bits per heavy atom. The molecule has 0 bridgehead atoms. The van der Waals surface area contributed by atoms with Crippen LogP contribution in [0, 0.1) is 17.8 Å². The fourth-order valence-corrected chi connectivity index (χ4v) is 4.12. The van der Waals surface area contributed by atoms with Gasteiger partial charge in [0.2, 0.25) is 5.91 Å². The first-order valence-electron chi connectivity index (χ1n) is 8.42. The summed E-state index contributed by atoms with van der Waals surface area (Å²) in [4.78, 5) is 28.0. The number of para-hydroxylation sites is 1. The highest BCUT2D eigenvalue weighted by Gasteiger charge is 2.42. The fraction of sp³-hybridized carbons (Fsp3) is 0.556. The highest BCUT2D eigenvalue weighted by Crippen LogP contribution is 2.34. The lowest BCUT2D eigenvalue weighted by atomic mass is 10.0. The fourth-order valence-electron chi connectivity index (χ4n) is 4.12. The Bertz CT molecular complexity index is 590. The molecule has 5 nitrogen and oxygen atoms in total. The first-order valence-corrected chi connectivity index (χ1v) is 8.42. The lowest BCUT2D eigenvalue weighted by Crippen LogP contribution is -2.34. The Morgan fingerprint density at radius 1 is 1.09 bits per heavy atom. The summed E-state index contributed by atoms with van der Waals surface area (Å²) in [5.74, 6) is 1.24. The van der Waals surface area contributed by atoms with Crippen molar-refractivity contribution in [2.45, 2.75) is 12.8 Å². The summed E-state index contributed by atoms with van der Waals surface area (Å²) in [5, 5.41) is 0. The van der Waals surface area contributed by atoms with Gasteiger partial charge in [-0.05, 0) is 12.1 Å². The van der Waals surface area contributed by atoms with Crippen molar-refractivity contribution in [1.82, 2.24) is 4.90 Å². The molecule has 3 aliphatic heterocycles. The van der Waals surface area contributed by atoms with E-state index in [0.717, 1.165) is 26.2 Å². The summed E-state index contributed by atoms with van der Waals surface area (Å²) >= 11 is 0. The second-order valence-corrected chi connectivity index (χ2v) is 7.02. The highest BCUT2D eigenvalue weighted by atomic mass is 16.5. The number of nitrogens with zero attached hydrogens (tertiary/aromatic N) is 2. The van der Waals surface area contributed by atoms with Crippen LogP contribution in [0.25, 0.3) is 0 Å². The number of anilines is 1. The second kappa shape index (κ2) is 5.87. The summed E-state index contributed by atoms with van der Waals surface area (Å²) < 4.78 is 4.95. The van der Waals surface area contributed by atoms with Gasteiger partial charge in [-0.3, -0.25) is 9.59 Å². The third-order valence-electron chi connectivity index (χ3n) is 5.36. The molecule has 23 heavy (non-hydrogen) atoms. The van der Waals surface area contributed by atoms with Crippen LogP contribution in [0.2, 0.25) is 0 Å². The highest BCUT2D eigenvalue weighted by molar-refractivity contribution is 5.79. The van der Waals surface area contributed by atoms with E-state index in [1.54, 1.807) is 0 Å². The van der Waals surface area contributed by atoms with Gasteiger partial charge in [-0.25, -0.2) is 0 Å². The molecule has 0 N–H and O–H groups in total. The van der Waals surface area contributed by atoms with Gasteiger partial charge in [-0.15, -0.1) is 0 Å². The summed E-state index contributed by atoms with van der Waals surface area (Å²) in [6.45, 7) is 4.18. The van der Waals surface area contributed by atoms with Gasteiger partial charge in [-0.1, -0.05) is 18.2 Å². The van der Waals surface area contributed by atoms with Crippen molar-refractivity contribution < 1.29 is 14.3 Å². The molecule has 3 atom stereocenters. The van der Waals surface area contributed by atoms with Gasteiger partial charge in [0.1, 0.15) is 0 Å². The molecule has 0 radical (unpaired) electrons. The zero-order valence-corrected chi connectivity index (χ0v) is 13.2. The number of hydrogen-bond donors (Lipinski definition) is 0. The predicted molar refractivity (Wildman–Crippen MR) is 85.9 cm³/mol. The number of benzene rings is 1. The zero-order valence-electron chi connectivity index (χ0n) is 13.2. The number of carbonyl (C=O) groups is 2. The molecule has 1 amide bonds. The number of likely N-dealkylation sites (tertiary alicyclic amines) is 1. The van der Waals surface area contributed by atoms with E-state index >= 15 is 0 Å². The number of fused-ring (bicyclic) bond motifs is 1. The maximum Gasteiger partial charge on any atom is 0.306 e. The van der Waals surface area contributed by atoms with Gasteiger partial charge in [0, 0.05) is 56.0 Å². The molecule has 5 heteroatoms. The minimum Gasteiger partial charge on any atom is -0.465 e.